The summed E-state index contributed by atoms with van der Waals surface area (Å²) in [5.41, 5.74) is 4.24. The summed E-state index contributed by atoms with van der Waals surface area (Å²) in [4.78, 5) is 14.6. The van der Waals surface area contributed by atoms with Crippen LogP contribution in [0, 0.1) is 0 Å². The average molecular weight is 849 g/mol. The van der Waals surface area contributed by atoms with Crippen molar-refractivity contribution in [1.29, 1.82) is 0 Å². The maximum Gasteiger partial charge on any atom is 0.134 e. The molecular formula is C51H61O9P. The van der Waals surface area contributed by atoms with Crippen molar-refractivity contribution < 1.29 is 42.7 Å². The van der Waals surface area contributed by atoms with Gasteiger partial charge < -0.3 is 37.9 Å². The molecule has 1 aliphatic rings. The SMILES string of the molecule is COc1cccc(OC)c1C1CC(=O)CC(c2c(OC)cccc2OC)P1c1c(-c2c(OC(C)C)cccc2OC(C)C)cccc1-c1c(OC(C)C)cccc1OC(C)C. The fourth-order valence-electron chi connectivity index (χ4n) is 8.33. The first-order valence-corrected chi connectivity index (χ1v) is 22.6. The van der Waals surface area contributed by atoms with Crippen molar-refractivity contribution in [3.63, 3.8) is 0 Å². The molecule has 1 fully saturated rings. The lowest BCUT2D eigenvalue weighted by Gasteiger charge is -2.42. The fraction of sp³-hybridized carbons (Fsp3) is 0.392. The first kappa shape index (κ1) is 45.1. The van der Waals surface area contributed by atoms with Gasteiger partial charge in [-0.25, -0.2) is 0 Å². The molecule has 9 nitrogen and oxygen atoms in total. The van der Waals surface area contributed by atoms with Crippen LogP contribution in [0.25, 0.3) is 22.3 Å². The van der Waals surface area contributed by atoms with Crippen LogP contribution in [-0.2, 0) is 4.79 Å². The number of carbonyl (C=O) groups is 1. The molecule has 324 valence electrons. The monoisotopic (exact) mass is 848 g/mol. The molecule has 1 aliphatic heterocycles. The Bertz CT molecular complexity index is 2040. The van der Waals surface area contributed by atoms with Gasteiger partial charge in [-0.1, -0.05) is 50.4 Å². The van der Waals surface area contributed by atoms with Crippen molar-refractivity contribution in [2.24, 2.45) is 0 Å². The number of rotatable bonds is 17. The van der Waals surface area contributed by atoms with Crippen molar-refractivity contribution in [3.8, 4) is 68.2 Å². The molecule has 0 saturated carbocycles. The molecule has 0 radical (unpaired) electrons. The molecule has 0 N–H and O–H groups in total. The number of ether oxygens (including phenoxy) is 8. The van der Waals surface area contributed by atoms with Gasteiger partial charge in [0.25, 0.3) is 0 Å². The second-order valence-corrected chi connectivity index (χ2v) is 18.7. The average Bonchev–Trinajstić information content (AvgIpc) is 3.22. The Hall–Kier alpha value is -5.40. The Morgan fingerprint density at radius 3 is 0.951 bits per heavy atom. The molecule has 6 rings (SSSR count). The Balaban J connectivity index is 1.89. The van der Waals surface area contributed by atoms with Crippen molar-refractivity contribution >= 4 is 19.0 Å². The van der Waals surface area contributed by atoms with E-state index in [1.807, 2.05) is 128 Å². The van der Waals surface area contributed by atoms with Crippen LogP contribution in [0.2, 0.25) is 0 Å². The van der Waals surface area contributed by atoms with Crippen LogP contribution in [-0.4, -0.2) is 58.6 Å². The zero-order valence-electron chi connectivity index (χ0n) is 37.7. The third kappa shape index (κ3) is 9.73. The molecule has 5 aromatic rings. The summed E-state index contributed by atoms with van der Waals surface area (Å²) < 4.78 is 51.4. The Kier molecular flexibility index (Phi) is 14.8. The molecule has 61 heavy (non-hydrogen) atoms. The Morgan fingerprint density at radius 1 is 0.426 bits per heavy atom. The highest BCUT2D eigenvalue weighted by atomic mass is 31.1. The van der Waals surface area contributed by atoms with E-state index >= 15 is 0 Å². The number of carbonyl (C=O) groups excluding carboxylic acids is 1. The smallest absolute Gasteiger partial charge is 0.134 e. The van der Waals surface area contributed by atoms with Gasteiger partial charge in [0.1, 0.15) is 51.8 Å². The predicted molar refractivity (Wildman–Crippen MR) is 246 cm³/mol. The second-order valence-electron chi connectivity index (χ2n) is 16.2. The zero-order chi connectivity index (χ0) is 44.0. The molecule has 1 heterocycles. The summed E-state index contributed by atoms with van der Waals surface area (Å²) in [7, 11) is 5.10. The van der Waals surface area contributed by atoms with Gasteiger partial charge in [0.2, 0.25) is 0 Å². The molecule has 0 aliphatic carbocycles. The van der Waals surface area contributed by atoms with Gasteiger partial charge >= 0.3 is 0 Å². The first-order chi connectivity index (χ1) is 29.3. The van der Waals surface area contributed by atoms with E-state index in [1.165, 1.54) is 0 Å². The van der Waals surface area contributed by atoms with E-state index in [9.17, 15) is 4.79 Å². The molecule has 10 heteroatoms. The highest BCUT2D eigenvalue weighted by Gasteiger charge is 2.46. The summed E-state index contributed by atoms with van der Waals surface area (Å²) in [5, 5.41) is 1.00. The van der Waals surface area contributed by atoms with E-state index in [-0.39, 0.29) is 43.0 Å². The molecule has 2 atom stereocenters. The minimum Gasteiger partial charge on any atom is -0.496 e. The number of ketones is 1. The van der Waals surface area contributed by atoms with Crippen LogP contribution in [0.15, 0.2) is 91.0 Å². The van der Waals surface area contributed by atoms with Crippen LogP contribution in [0.3, 0.4) is 0 Å². The second kappa shape index (κ2) is 20.0. The van der Waals surface area contributed by atoms with Crippen LogP contribution in [0.4, 0.5) is 0 Å². The molecule has 0 aromatic heterocycles. The van der Waals surface area contributed by atoms with E-state index in [4.69, 9.17) is 37.9 Å². The maximum atomic E-state index is 14.6. The normalized spacial score (nSPS) is 16.5. The first-order valence-electron chi connectivity index (χ1n) is 21.1. The lowest BCUT2D eigenvalue weighted by atomic mass is 9.95. The fourth-order valence-corrected chi connectivity index (χ4v) is 12.2. The van der Waals surface area contributed by atoms with Crippen molar-refractivity contribution in [1.82, 2.24) is 0 Å². The van der Waals surface area contributed by atoms with Crippen LogP contribution < -0.4 is 43.2 Å². The van der Waals surface area contributed by atoms with E-state index in [0.717, 1.165) is 38.7 Å². The van der Waals surface area contributed by atoms with Crippen LogP contribution in [0.1, 0.15) is 90.7 Å². The van der Waals surface area contributed by atoms with Gasteiger partial charge in [-0.2, -0.15) is 0 Å². The Morgan fingerprint density at radius 2 is 0.689 bits per heavy atom. The third-order valence-corrected chi connectivity index (χ3v) is 13.6. The van der Waals surface area contributed by atoms with Crippen molar-refractivity contribution in [2.75, 3.05) is 28.4 Å². The topological polar surface area (TPSA) is 90.9 Å². The van der Waals surface area contributed by atoms with Gasteiger partial charge in [-0.3, -0.25) is 4.79 Å². The molecule has 0 spiro atoms. The zero-order valence-corrected chi connectivity index (χ0v) is 38.6. The lowest BCUT2D eigenvalue weighted by Crippen LogP contribution is -2.27. The maximum absolute atomic E-state index is 14.6. The van der Waals surface area contributed by atoms with E-state index in [2.05, 4.69) is 18.2 Å². The van der Waals surface area contributed by atoms with Crippen LogP contribution >= 0.6 is 7.92 Å². The largest absolute Gasteiger partial charge is 0.496 e. The molecule has 2 unspecified atom stereocenters. The molecule has 5 aromatic carbocycles. The number of hydrogen-bond donors (Lipinski definition) is 0. The summed E-state index contributed by atoms with van der Waals surface area (Å²) in [6.45, 7) is 16.2. The number of Topliss-reactive ketones (excluding diaryl/α,β-unsaturated/α-hetero) is 1. The van der Waals surface area contributed by atoms with Gasteiger partial charge in [-0.05, 0) is 120 Å². The van der Waals surface area contributed by atoms with E-state index in [1.54, 1.807) is 28.4 Å². The van der Waals surface area contributed by atoms with E-state index < -0.39 is 19.2 Å². The van der Waals surface area contributed by atoms with Gasteiger partial charge in [0, 0.05) is 35.3 Å². The highest BCUT2D eigenvalue weighted by Crippen LogP contribution is 2.72. The standard InChI is InChI=1S/C51H61O9P/c1-30(2)57-41-24-16-25-42(58-31(3)4)47(41)35-18-13-19-36(48-43(59-32(5)6)26-17-27-44(48)60-33(7)8)51(35)61-45(49-37(53-9)20-14-21-38(49)54-10)28-34(52)29-46(61)50-39(55-11)22-15-23-40(50)56-12/h13-27,30-33,45-46H,28-29H2,1-12H3. The van der Waals surface area contributed by atoms with Crippen molar-refractivity contribution in [2.45, 2.75) is 104 Å². The summed E-state index contributed by atoms with van der Waals surface area (Å²) in [6, 6.07) is 29.9. The Labute approximate surface area is 363 Å². The molecule has 0 amide bonds. The van der Waals surface area contributed by atoms with Crippen molar-refractivity contribution in [3.05, 3.63) is 102 Å². The minimum atomic E-state index is -1.54. The van der Waals surface area contributed by atoms with Crippen LogP contribution in [0.5, 0.6) is 46.0 Å². The van der Waals surface area contributed by atoms with Gasteiger partial charge in [0.05, 0.1) is 64.0 Å². The molecular weight excluding hydrogens is 788 g/mol. The highest BCUT2D eigenvalue weighted by molar-refractivity contribution is 7.67. The van der Waals surface area contributed by atoms with E-state index in [0.29, 0.717) is 46.0 Å². The summed E-state index contributed by atoms with van der Waals surface area (Å²) in [5.74, 6) is 5.36. The minimum absolute atomic E-state index is 0.105. The molecule has 0 bridgehead atoms. The summed E-state index contributed by atoms with van der Waals surface area (Å²) >= 11 is 0. The quantitative estimate of drug-likeness (QED) is 0.0848. The van der Waals surface area contributed by atoms with Gasteiger partial charge in [-0.15, -0.1) is 0 Å². The van der Waals surface area contributed by atoms with Gasteiger partial charge in [0.15, 0.2) is 0 Å². The predicted octanol–water partition coefficient (Wildman–Crippen LogP) is 12.2. The molecule has 1 saturated heterocycles. The number of hydrogen-bond acceptors (Lipinski definition) is 9. The lowest BCUT2D eigenvalue weighted by molar-refractivity contribution is -0.119. The number of benzene rings is 5. The summed E-state index contributed by atoms with van der Waals surface area (Å²) in [6.07, 6.45) is -0.0767. The number of methoxy groups -OCH3 is 4. The third-order valence-electron chi connectivity index (χ3n) is 10.4.